The Morgan fingerprint density at radius 2 is 1.57 bits per heavy atom. The summed E-state index contributed by atoms with van der Waals surface area (Å²) in [5.41, 5.74) is -1.40. The van der Waals surface area contributed by atoms with Crippen molar-refractivity contribution in [2.45, 2.75) is 11.8 Å². The number of nitriles is 2. The largest absolute Gasteiger partial charge is 0.410 e. The molecule has 4 rings (SSSR count). The van der Waals surface area contributed by atoms with Crippen LogP contribution < -0.4 is 15.6 Å². The average molecular weight is 402 g/mol. The highest BCUT2D eigenvalue weighted by molar-refractivity contribution is 6.08. The lowest BCUT2D eigenvalue weighted by molar-refractivity contribution is -0.688. The van der Waals surface area contributed by atoms with E-state index in [2.05, 4.69) is 27.8 Å². The normalized spacial score (nSPS) is 27.7. The maximum atomic E-state index is 12.7. The molecule has 1 heterocycles. The molecule has 150 valence electrons. The minimum absolute atomic E-state index is 0.164. The Hall–Kier alpha value is -3.72. The molecule has 2 aliphatic rings. The summed E-state index contributed by atoms with van der Waals surface area (Å²) in [6, 6.07) is 22.1. The molecular formula is C22H20N5O3+. The van der Waals surface area contributed by atoms with Crippen LogP contribution >= 0.6 is 0 Å². The number of fused-ring (bicyclic) bond motifs is 1. The van der Waals surface area contributed by atoms with E-state index in [9.17, 15) is 15.3 Å². The van der Waals surface area contributed by atoms with Gasteiger partial charge in [-0.3, -0.25) is 5.32 Å². The summed E-state index contributed by atoms with van der Waals surface area (Å²) in [6.45, 7) is 0. The Labute approximate surface area is 173 Å². The van der Waals surface area contributed by atoms with Crippen molar-refractivity contribution in [3.63, 3.8) is 0 Å². The van der Waals surface area contributed by atoms with Gasteiger partial charge < -0.3 is 9.47 Å². The van der Waals surface area contributed by atoms with E-state index in [0.29, 0.717) is 5.69 Å². The molecule has 0 radical (unpaired) electrons. The molecule has 2 aromatic rings. The van der Waals surface area contributed by atoms with Gasteiger partial charge in [-0.25, -0.2) is 9.79 Å². The van der Waals surface area contributed by atoms with E-state index in [1.807, 2.05) is 36.4 Å². The fourth-order valence-electron chi connectivity index (χ4n) is 4.64. The quantitative estimate of drug-likeness (QED) is 0.661. The number of amides is 2. The van der Waals surface area contributed by atoms with Gasteiger partial charge in [-0.05, 0) is 17.7 Å². The number of benzene rings is 2. The van der Waals surface area contributed by atoms with E-state index in [1.54, 1.807) is 24.3 Å². The zero-order valence-corrected chi connectivity index (χ0v) is 16.5. The molecule has 0 unspecified atom stereocenters. The van der Waals surface area contributed by atoms with Crippen LogP contribution in [0.5, 0.6) is 0 Å². The van der Waals surface area contributed by atoms with Gasteiger partial charge in [-0.15, -0.1) is 0 Å². The zero-order valence-electron chi connectivity index (χ0n) is 16.5. The van der Waals surface area contributed by atoms with Gasteiger partial charge in [0.15, 0.2) is 10.8 Å². The predicted molar refractivity (Wildman–Crippen MR) is 107 cm³/mol. The minimum Gasteiger partial charge on any atom is -0.317 e. The van der Waals surface area contributed by atoms with Crippen LogP contribution in [0.25, 0.3) is 0 Å². The molecule has 2 aromatic carbocycles. The summed E-state index contributed by atoms with van der Waals surface area (Å²) in [5, 5.41) is 25.9. The first-order valence-corrected chi connectivity index (χ1v) is 9.31. The van der Waals surface area contributed by atoms with Gasteiger partial charge in [0, 0.05) is 25.8 Å². The lowest BCUT2D eigenvalue weighted by atomic mass is 9.93. The molecule has 1 aliphatic heterocycles. The number of urea groups is 1. The van der Waals surface area contributed by atoms with Gasteiger partial charge in [0.1, 0.15) is 0 Å². The van der Waals surface area contributed by atoms with Crippen LogP contribution in [0.3, 0.4) is 0 Å². The van der Waals surface area contributed by atoms with E-state index in [0.717, 1.165) is 5.56 Å². The average Bonchev–Trinajstić information content (AvgIpc) is 3.35. The molecule has 8 nitrogen and oxygen atoms in total. The van der Waals surface area contributed by atoms with Crippen molar-refractivity contribution in [2.75, 3.05) is 19.5 Å². The van der Waals surface area contributed by atoms with Gasteiger partial charge in [-0.1, -0.05) is 48.5 Å². The van der Waals surface area contributed by atoms with Gasteiger partial charge in [0.25, 0.3) is 5.84 Å². The van der Waals surface area contributed by atoms with Crippen molar-refractivity contribution in [2.24, 2.45) is 10.8 Å². The Bertz CT molecular complexity index is 1090. The van der Waals surface area contributed by atoms with Crippen LogP contribution in [-0.4, -0.2) is 32.0 Å². The number of nitrogens with zero attached hydrogens (tertiary/aromatic N) is 2. The molecule has 3 atom stereocenters. The molecule has 2 amide bonds. The fraction of sp³-hybridized carbons (Fsp3) is 0.273. The molecule has 0 saturated heterocycles. The molecule has 1 saturated carbocycles. The van der Waals surface area contributed by atoms with Crippen LogP contribution in [-0.2, 0) is 9.47 Å². The maximum absolute atomic E-state index is 12.7. The van der Waals surface area contributed by atoms with Crippen LogP contribution in [0, 0.1) is 33.5 Å². The zero-order chi connectivity index (χ0) is 21.4. The third-order valence-corrected chi connectivity index (χ3v) is 5.94. The molecule has 0 spiro atoms. The monoisotopic (exact) mass is 402 g/mol. The number of methoxy groups -OCH3 is 2. The van der Waals surface area contributed by atoms with E-state index >= 15 is 0 Å². The molecule has 1 aliphatic carbocycles. The maximum Gasteiger partial charge on any atom is 0.410 e. The Balaban J connectivity index is 1.76. The smallest absolute Gasteiger partial charge is 0.317 e. The molecule has 3 N–H and O–H groups in total. The summed E-state index contributed by atoms with van der Waals surface area (Å²) >= 11 is 0. The van der Waals surface area contributed by atoms with Crippen molar-refractivity contribution >= 4 is 17.6 Å². The van der Waals surface area contributed by atoms with Crippen molar-refractivity contribution in [3.8, 4) is 12.1 Å². The van der Waals surface area contributed by atoms with Crippen molar-refractivity contribution < 1.29 is 19.3 Å². The third kappa shape index (κ3) is 2.32. The van der Waals surface area contributed by atoms with Gasteiger partial charge in [0.2, 0.25) is 0 Å². The van der Waals surface area contributed by atoms with Crippen molar-refractivity contribution in [1.29, 1.82) is 10.5 Å². The number of carbonyl (C=O) groups excluding carboxylic acids is 1. The Morgan fingerprint density at radius 3 is 2.10 bits per heavy atom. The first-order chi connectivity index (χ1) is 14.5. The highest BCUT2D eigenvalue weighted by Gasteiger charge is 2.97. The number of hydrogen-bond acceptors (Lipinski definition) is 5. The number of nitrogens with one attached hydrogen (secondary N) is 3. The second kappa shape index (κ2) is 6.96. The summed E-state index contributed by atoms with van der Waals surface area (Å²) in [4.78, 5) is 15.6. The number of rotatable bonds is 4. The summed E-state index contributed by atoms with van der Waals surface area (Å²) in [5.74, 6) is -2.00. The third-order valence-electron chi connectivity index (χ3n) is 5.94. The number of carbonyl (C=O) groups is 1. The first kappa shape index (κ1) is 19.6. The number of ether oxygens (including phenoxy) is 2. The fourth-order valence-corrected chi connectivity index (χ4v) is 4.64. The highest BCUT2D eigenvalue weighted by Crippen LogP contribution is 2.78. The van der Waals surface area contributed by atoms with E-state index in [4.69, 9.17) is 9.47 Å². The second-order valence-electron chi connectivity index (χ2n) is 7.15. The molecule has 30 heavy (non-hydrogen) atoms. The molecule has 0 aromatic heterocycles. The van der Waals surface area contributed by atoms with E-state index < -0.39 is 28.7 Å². The SMILES string of the molecule is COC1(OC)[NH+]=C(NC(=O)Nc2ccccc2)[C@@]2(C#N)[C@H](c3ccccc3)[C@@]12C#N. The molecule has 8 heteroatoms. The van der Waals surface area contributed by atoms with E-state index in [1.165, 1.54) is 14.2 Å². The van der Waals surface area contributed by atoms with Gasteiger partial charge >= 0.3 is 11.9 Å². The Morgan fingerprint density at radius 1 is 0.967 bits per heavy atom. The minimum atomic E-state index is -1.60. The van der Waals surface area contributed by atoms with Gasteiger partial charge in [0.05, 0.1) is 12.1 Å². The van der Waals surface area contributed by atoms with Crippen molar-refractivity contribution in [3.05, 3.63) is 66.2 Å². The van der Waals surface area contributed by atoms with Crippen LogP contribution in [0.1, 0.15) is 11.5 Å². The molecular weight excluding hydrogens is 382 g/mol. The van der Waals surface area contributed by atoms with Crippen molar-refractivity contribution in [1.82, 2.24) is 5.32 Å². The summed E-state index contributed by atoms with van der Waals surface area (Å²) < 4.78 is 11.2. The highest BCUT2D eigenvalue weighted by atomic mass is 16.7. The first-order valence-electron chi connectivity index (χ1n) is 9.31. The predicted octanol–water partition coefficient (Wildman–Crippen LogP) is 1.06. The van der Waals surface area contributed by atoms with Crippen LogP contribution in [0.4, 0.5) is 10.5 Å². The number of hydrogen-bond donors (Lipinski definition) is 3. The molecule has 0 bridgehead atoms. The summed E-state index contributed by atoms with van der Waals surface area (Å²) in [7, 11) is 2.79. The number of amidine groups is 1. The standard InChI is InChI=1S/C22H19N5O3/c1-29-22(30-2)21(14-24)17(15-9-5-3-6-10-15)20(21,13-23)18(27-22)26-19(28)25-16-11-7-4-8-12-16/h3-12,17H,1-2H3,(H2,25,26,27,28)/p+1/t17-,20+,21+/m0/s1. The lowest BCUT2D eigenvalue weighted by Crippen LogP contribution is -2.91. The molecule has 1 fully saturated rings. The van der Waals surface area contributed by atoms with Crippen LogP contribution in [0.15, 0.2) is 60.7 Å². The lowest BCUT2D eigenvalue weighted by Gasteiger charge is -2.26. The van der Waals surface area contributed by atoms with E-state index in [-0.39, 0.29) is 5.84 Å². The topological polar surface area (TPSA) is 121 Å². The van der Waals surface area contributed by atoms with Gasteiger partial charge in [-0.2, -0.15) is 15.8 Å². The van der Waals surface area contributed by atoms with Crippen LogP contribution in [0.2, 0.25) is 0 Å². The second-order valence-corrected chi connectivity index (χ2v) is 7.15. The summed E-state index contributed by atoms with van der Waals surface area (Å²) in [6.07, 6.45) is 0. The Kier molecular flexibility index (Phi) is 4.54. The number of anilines is 1. The number of para-hydroxylation sites is 1.